The highest BCUT2D eigenvalue weighted by Gasteiger charge is 2.35. The van der Waals surface area contributed by atoms with Gasteiger partial charge in [0.2, 0.25) is 5.95 Å². The minimum absolute atomic E-state index is 0.0702. The Hall–Kier alpha value is -5.19. The number of aliphatic hydroxyl groups is 1. The van der Waals surface area contributed by atoms with Crippen LogP contribution in [0.25, 0.3) is 16.9 Å². The number of aliphatic hydroxyl groups excluding tert-OH is 1. The van der Waals surface area contributed by atoms with Crippen molar-refractivity contribution in [3.05, 3.63) is 108 Å². The monoisotopic (exact) mass is 653 g/mol. The maximum absolute atomic E-state index is 14.0. The molecular formula is C30H26F3N7O5S. The van der Waals surface area contributed by atoms with Gasteiger partial charge >= 0.3 is 6.18 Å². The van der Waals surface area contributed by atoms with E-state index in [-0.39, 0.29) is 17.2 Å². The molecule has 3 aromatic heterocycles. The number of imidazole rings is 1. The van der Waals surface area contributed by atoms with Crippen LogP contribution in [-0.2, 0) is 16.3 Å². The molecule has 0 spiro atoms. The first-order chi connectivity index (χ1) is 21.7. The van der Waals surface area contributed by atoms with Crippen molar-refractivity contribution in [2.24, 2.45) is 0 Å². The van der Waals surface area contributed by atoms with Crippen molar-refractivity contribution in [3.8, 4) is 16.9 Å². The van der Waals surface area contributed by atoms with Crippen molar-refractivity contribution in [1.82, 2.24) is 24.5 Å². The average Bonchev–Trinajstić information content (AvgIpc) is 3.44. The molecule has 238 valence electrons. The topological polar surface area (TPSA) is 163 Å². The molecule has 46 heavy (non-hydrogen) atoms. The van der Waals surface area contributed by atoms with Crippen LogP contribution in [0.1, 0.15) is 27.2 Å². The fourth-order valence-corrected chi connectivity index (χ4v) is 5.07. The Labute approximate surface area is 261 Å². The fraction of sp³-hybridized carbons (Fsp3) is 0.167. The zero-order chi connectivity index (χ0) is 33.2. The van der Waals surface area contributed by atoms with Gasteiger partial charge in [0, 0.05) is 53.0 Å². The number of aromatic nitrogens is 5. The number of hydrogen-bond donors (Lipinski definition) is 3. The zero-order valence-electron chi connectivity index (χ0n) is 24.2. The molecule has 1 amide bonds. The van der Waals surface area contributed by atoms with Gasteiger partial charge in [0.1, 0.15) is 12.0 Å². The molecule has 0 radical (unpaired) electrons. The van der Waals surface area contributed by atoms with Crippen LogP contribution in [0.3, 0.4) is 0 Å². The summed E-state index contributed by atoms with van der Waals surface area (Å²) in [6.07, 6.45) is 0.306. The Morgan fingerprint density at radius 2 is 1.85 bits per heavy atom. The predicted molar refractivity (Wildman–Crippen MR) is 162 cm³/mol. The quantitative estimate of drug-likeness (QED) is 0.146. The zero-order valence-corrected chi connectivity index (χ0v) is 25.0. The lowest BCUT2D eigenvalue weighted by atomic mass is 10.1. The summed E-state index contributed by atoms with van der Waals surface area (Å²) in [4.78, 5) is 31.2. The fourth-order valence-electron chi connectivity index (χ4n) is 4.54. The van der Waals surface area contributed by atoms with Crippen molar-refractivity contribution in [3.63, 3.8) is 0 Å². The summed E-state index contributed by atoms with van der Waals surface area (Å²) in [6.45, 7) is 3.35. The van der Waals surface area contributed by atoms with Crippen LogP contribution in [0, 0.1) is 13.8 Å². The lowest BCUT2D eigenvalue weighted by Crippen LogP contribution is -2.44. The summed E-state index contributed by atoms with van der Waals surface area (Å²) in [5.74, 6) is -2.27. The van der Waals surface area contributed by atoms with Gasteiger partial charge in [-0.05, 0) is 67.9 Å². The highest BCUT2D eigenvalue weighted by atomic mass is 32.2. The van der Waals surface area contributed by atoms with E-state index < -0.39 is 45.4 Å². The molecule has 0 saturated heterocycles. The SMILES string of the molecule is Cc1cn(-c2cc(N(C(=O)c3ccc(C)c(Nc4nccc(-c5cccnc5)n4)c3)C(O)CS(=O)(=O)O)cc(C(F)(F)F)c2)cn1. The Balaban J connectivity index is 1.57. The number of amides is 1. The third-order valence-corrected chi connectivity index (χ3v) is 7.46. The number of nitrogens with zero attached hydrogens (tertiary/aromatic N) is 6. The maximum Gasteiger partial charge on any atom is 0.416 e. The van der Waals surface area contributed by atoms with E-state index in [0.29, 0.717) is 33.6 Å². The molecule has 0 bridgehead atoms. The predicted octanol–water partition coefficient (Wildman–Crippen LogP) is 4.96. The van der Waals surface area contributed by atoms with Crippen LogP contribution in [0.2, 0.25) is 0 Å². The third-order valence-electron chi connectivity index (χ3n) is 6.74. The molecule has 5 aromatic rings. The molecule has 2 aromatic carbocycles. The number of benzene rings is 2. The highest BCUT2D eigenvalue weighted by Crippen LogP contribution is 2.35. The van der Waals surface area contributed by atoms with Crippen LogP contribution in [0.4, 0.5) is 30.5 Å². The van der Waals surface area contributed by atoms with Crippen molar-refractivity contribution in [2.75, 3.05) is 16.0 Å². The van der Waals surface area contributed by atoms with Crippen molar-refractivity contribution >= 4 is 33.3 Å². The number of rotatable bonds is 9. The van der Waals surface area contributed by atoms with Gasteiger partial charge in [-0.25, -0.2) is 15.0 Å². The molecule has 3 N–H and O–H groups in total. The van der Waals surface area contributed by atoms with Crippen LogP contribution in [0.5, 0.6) is 0 Å². The van der Waals surface area contributed by atoms with Crippen LogP contribution in [-0.4, -0.2) is 60.5 Å². The Morgan fingerprint density at radius 3 is 2.50 bits per heavy atom. The first kappa shape index (κ1) is 32.2. The molecule has 3 heterocycles. The molecule has 5 rings (SSSR count). The van der Waals surface area contributed by atoms with Crippen molar-refractivity contribution in [1.29, 1.82) is 0 Å². The average molecular weight is 654 g/mol. The van der Waals surface area contributed by atoms with Gasteiger partial charge in [-0.1, -0.05) is 6.07 Å². The maximum atomic E-state index is 14.0. The first-order valence-corrected chi connectivity index (χ1v) is 15.1. The number of carbonyl (C=O) groups excluding carboxylic acids is 1. The number of carbonyl (C=O) groups is 1. The Kier molecular flexibility index (Phi) is 8.87. The number of pyridine rings is 1. The summed E-state index contributed by atoms with van der Waals surface area (Å²) >= 11 is 0. The van der Waals surface area contributed by atoms with E-state index in [1.165, 1.54) is 35.4 Å². The second kappa shape index (κ2) is 12.7. The van der Waals surface area contributed by atoms with Crippen LogP contribution < -0.4 is 10.2 Å². The molecular weight excluding hydrogens is 627 g/mol. The van der Waals surface area contributed by atoms with E-state index in [9.17, 15) is 36.0 Å². The Bertz CT molecular complexity index is 2000. The second-order valence-corrected chi connectivity index (χ2v) is 11.7. The number of hydrogen-bond acceptors (Lipinski definition) is 9. The number of halogens is 3. The van der Waals surface area contributed by atoms with E-state index in [2.05, 4.69) is 25.3 Å². The van der Waals surface area contributed by atoms with Gasteiger partial charge in [-0.2, -0.15) is 21.6 Å². The summed E-state index contributed by atoms with van der Waals surface area (Å²) in [7, 11) is -4.89. The minimum Gasteiger partial charge on any atom is -0.372 e. The van der Waals surface area contributed by atoms with Gasteiger partial charge < -0.3 is 15.0 Å². The molecule has 0 fully saturated rings. The smallest absolute Gasteiger partial charge is 0.372 e. The van der Waals surface area contributed by atoms with Gasteiger partial charge in [0.05, 0.1) is 23.3 Å². The van der Waals surface area contributed by atoms with E-state index in [1.807, 2.05) is 6.07 Å². The molecule has 1 atom stereocenters. The van der Waals surface area contributed by atoms with Gasteiger partial charge in [0.25, 0.3) is 16.0 Å². The molecule has 12 nitrogen and oxygen atoms in total. The van der Waals surface area contributed by atoms with Crippen molar-refractivity contribution < 1.29 is 36.0 Å². The van der Waals surface area contributed by atoms with E-state index in [4.69, 9.17) is 0 Å². The molecule has 0 saturated carbocycles. The lowest BCUT2D eigenvalue weighted by molar-refractivity contribution is -0.137. The number of nitrogens with one attached hydrogen (secondary N) is 1. The molecule has 16 heteroatoms. The summed E-state index contributed by atoms with van der Waals surface area (Å²) in [6, 6.07) is 12.1. The van der Waals surface area contributed by atoms with Gasteiger partial charge in [-0.3, -0.25) is 19.2 Å². The van der Waals surface area contributed by atoms with Crippen molar-refractivity contribution in [2.45, 2.75) is 26.3 Å². The van der Waals surface area contributed by atoms with E-state index in [0.717, 1.165) is 17.7 Å². The van der Waals surface area contributed by atoms with Gasteiger partial charge in [0.15, 0.2) is 0 Å². The minimum atomic E-state index is -4.89. The van der Waals surface area contributed by atoms with E-state index in [1.54, 1.807) is 44.4 Å². The number of aryl methyl sites for hydroxylation is 2. The Morgan fingerprint density at radius 1 is 1.07 bits per heavy atom. The second-order valence-electron chi connectivity index (χ2n) is 10.2. The third kappa shape index (κ3) is 7.53. The van der Waals surface area contributed by atoms with Crippen LogP contribution in [0.15, 0.2) is 85.7 Å². The van der Waals surface area contributed by atoms with E-state index >= 15 is 0 Å². The normalized spacial score (nSPS) is 12.5. The number of alkyl halides is 3. The highest BCUT2D eigenvalue weighted by molar-refractivity contribution is 7.85. The van der Waals surface area contributed by atoms with Crippen LogP contribution >= 0.6 is 0 Å². The summed E-state index contributed by atoms with van der Waals surface area (Å²) < 4.78 is 76.2. The lowest BCUT2D eigenvalue weighted by Gasteiger charge is -2.29. The number of anilines is 3. The molecule has 0 aliphatic rings. The molecule has 0 aliphatic heterocycles. The summed E-state index contributed by atoms with van der Waals surface area (Å²) in [5.41, 5.74) is 0.883. The van der Waals surface area contributed by atoms with Gasteiger partial charge in [-0.15, -0.1) is 0 Å². The molecule has 0 aliphatic carbocycles. The molecule has 1 unspecified atom stereocenters. The standard InChI is InChI=1S/C30H26F3N7O5S/c1-18-5-6-20(10-26(18)38-29-35-9-7-25(37-29)21-4-3-8-34-14-21)28(42)40(27(41)16-46(43,44)45)24-12-22(30(31,32)33)11-23(13-24)39-15-19(2)36-17-39/h3-15,17,27,41H,16H2,1-2H3,(H,35,37,38)(H,43,44,45). The first-order valence-electron chi connectivity index (χ1n) is 13.5. The largest absolute Gasteiger partial charge is 0.416 e. The summed E-state index contributed by atoms with van der Waals surface area (Å²) in [5, 5.41) is 13.9.